The third-order valence-corrected chi connectivity index (χ3v) is 2.72. The van der Waals surface area contributed by atoms with E-state index in [1.807, 2.05) is 32.3 Å². The molecule has 0 aliphatic heterocycles. The number of carbonyl (C=O) groups excluding carboxylic acids is 1. The predicted octanol–water partition coefficient (Wildman–Crippen LogP) is 1.74. The van der Waals surface area contributed by atoms with Crippen molar-refractivity contribution in [3.05, 3.63) is 47.3 Å². The third kappa shape index (κ3) is 2.53. The van der Waals surface area contributed by atoms with Gasteiger partial charge in [-0.15, -0.1) is 0 Å². The summed E-state index contributed by atoms with van der Waals surface area (Å²) in [7, 11) is 1.83. The first-order valence-electron chi connectivity index (χ1n) is 5.43. The van der Waals surface area contributed by atoms with Gasteiger partial charge in [-0.2, -0.15) is 5.10 Å². The molecular weight excluding hydrogens is 214 g/mol. The van der Waals surface area contributed by atoms with Crippen molar-refractivity contribution in [2.24, 2.45) is 7.05 Å². The first-order valence-corrected chi connectivity index (χ1v) is 5.43. The quantitative estimate of drug-likeness (QED) is 0.644. The molecule has 2 aromatic rings. The van der Waals surface area contributed by atoms with Gasteiger partial charge in [0, 0.05) is 30.9 Å². The van der Waals surface area contributed by atoms with Crippen LogP contribution in [0.5, 0.6) is 0 Å². The van der Waals surface area contributed by atoms with Gasteiger partial charge in [0.05, 0.1) is 6.20 Å². The zero-order chi connectivity index (χ0) is 12.4. The summed E-state index contributed by atoms with van der Waals surface area (Å²) in [5, 5.41) is 4.03. The van der Waals surface area contributed by atoms with Gasteiger partial charge < -0.3 is 5.73 Å². The van der Waals surface area contributed by atoms with Crippen LogP contribution in [0.2, 0.25) is 0 Å². The lowest BCUT2D eigenvalue weighted by atomic mass is 10.0. The molecule has 0 aliphatic carbocycles. The van der Waals surface area contributed by atoms with Gasteiger partial charge in [0.1, 0.15) is 0 Å². The lowest BCUT2D eigenvalue weighted by Crippen LogP contribution is -2.04. The lowest BCUT2D eigenvalue weighted by molar-refractivity contribution is 0.0993. The summed E-state index contributed by atoms with van der Waals surface area (Å²) in [5.41, 5.74) is 8.99. The minimum absolute atomic E-state index is 0.0599. The largest absolute Gasteiger partial charge is 0.398 e. The number of rotatable bonds is 3. The van der Waals surface area contributed by atoms with Gasteiger partial charge in [-0.25, -0.2) is 0 Å². The number of benzene rings is 1. The standard InChI is InChI=1S/C13H15N3O/c1-9-3-4-11(6-12(9)14)13(17)5-10-7-15-16(2)8-10/h3-4,6-8H,5,14H2,1-2H3. The van der Waals surface area contributed by atoms with E-state index in [9.17, 15) is 4.79 Å². The van der Waals surface area contributed by atoms with Gasteiger partial charge >= 0.3 is 0 Å². The number of carbonyl (C=O) groups is 1. The number of hydrogen-bond donors (Lipinski definition) is 1. The zero-order valence-corrected chi connectivity index (χ0v) is 9.97. The molecule has 1 heterocycles. The van der Waals surface area contributed by atoms with Crippen molar-refractivity contribution in [1.82, 2.24) is 9.78 Å². The van der Waals surface area contributed by atoms with Crippen LogP contribution in [0.1, 0.15) is 21.5 Å². The maximum Gasteiger partial charge on any atom is 0.167 e. The normalized spacial score (nSPS) is 10.5. The molecule has 4 nitrogen and oxygen atoms in total. The Kier molecular flexibility index (Phi) is 2.95. The Labute approximate surface area is 100 Å². The second kappa shape index (κ2) is 4.41. The predicted molar refractivity (Wildman–Crippen MR) is 66.8 cm³/mol. The molecule has 0 saturated carbocycles. The molecule has 0 amide bonds. The highest BCUT2D eigenvalue weighted by molar-refractivity contribution is 5.98. The lowest BCUT2D eigenvalue weighted by Gasteiger charge is -2.03. The highest BCUT2D eigenvalue weighted by atomic mass is 16.1. The number of nitrogens with zero attached hydrogens (tertiary/aromatic N) is 2. The number of aryl methyl sites for hydroxylation is 2. The van der Waals surface area contributed by atoms with E-state index in [-0.39, 0.29) is 5.78 Å². The molecule has 0 aliphatic rings. The van der Waals surface area contributed by atoms with Crippen LogP contribution < -0.4 is 5.73 Å². The van der Waals surface area contributed by atoms with Gasteiger partial charge in [-0.05, 0) is 24.1 Å². The number of hydrogen-bond acceptors (Lipinski definition) is 3. The molecule has 0 atom stereocenters. The van der Waals surface area contributed by atoms with Crippen molar-refractivity contribution >= 4 is 11.5 Å². The molecule has 0 radical (unpaired) electrons. The average molecular weight is 229 g/mol. The van der Waals surface area contributed by atoms with Crippen LogP contribution >= 0.6 is 0 Å². The molecule has 0 spiro atoms. The van der Waals surface area contributed by atoms with E-state index >= 15 is 0 Å². The van der Waals surface area contributed by atoms with E-state index in [1.54, 1.807) is 16.9 Å². The summed E-state index contributed by atoms with van der Waals surface area (Å²) in [6.07, 6.45) is 3.90. The van der Waals surface area contributed by atoms with Crippen molar-refractivity contribution in [2.75, 3.05) is 5.73 Å². The van der Waals surface area contributed by atoms with Crippen LogP contribution in [0.25, 0.3) is 0 Å². The maximum atomic E-state index is 12.0. The minimum Gasteiger partial charge on any atom is -0.398 e. The monoisotopic (exact) mass is 229 g/mol. The van der Waals surface area contributed by atoms with Crippen LogP contribution in [0.15, 0.2) is 30.6 Å². The number of aromatic nitrogens is 2. The van der Waals surface area contributed by atoms with E-state index in [0.29, 0.717) is 17.7 Å². The molecule has 88 valence electrons. The summed E-state index contributed by atoms with van der Waals surface area (Å²) in [6.45, 7) is 1.92. The molecule has 2 N–H and O–H groups in total. The van der Waals surface area contributed by atoms with E-state index in [4.69, 9.17) is 5.73 Å². The van der Waals surface area contributed by atoms with E-state index in [2.05, 4.69) is 5.10 Å². The van der Waals surface area contributed by atoms with Gasteiger partial charge in [-0.3, -0.25) is 9.48 Å². The zero-order valence-electron chi connectivity index (χ0n) is 9.97. The number of nitrogens with two attached hydrogens (primary N) is 1. The second-order valence-corrected chi connectivity index (χ2v) is 4.19. The van der Waals surface area contributed by atoms with E-state index in [1.165, 1.54) is 0 Å². The third-order valence-electron chi connectivity index (χ3n) is 2.72. The molecular formula is C13H15N3O. The van der Waals surface area contributed by atoms with Crippen molar-refractivity contribution < 1.29 is 4.79 Å². The van der Waals surface area contributed by atoms with Crippen molar-refractivity contribution in [3.63, 3.8) is 0 Å². The number of nitrogen functional groups attached to an aromatic ring is 1. The molecule has 0 unspecified atom stereocenters. The Hall–Kier alpha value is -2.10. The number of Topliss-reactive ketones (excluding diaryl/α,β-unsaturated/α-hetero) is 1. The minimum atomic E-state index is 0.0599. The Bertz CT molecular complexity index is 558. The molecule has 0 saturated heterocycles. The highest BCUT2D eigenvalue weighted by Crippen LogP contribution is 2.14. The van der Waals surface area contributed by atoms with Crippen LogP contribution in [-0.2, 0) is 13.5 Å². The first-order chi connectivity index (χ1) is 8.06. The fraction of sp³-hybridized carbons (Fsp3) is 0.231. The van der Waals surface area contributed by atoms with E-state index in [0.717, 1.165) is 11.1 Å². The van der Waals surface area contributed by atoms with Crippen molar-refractivity contribution in [2.45, 2.75) is 13.3 Å². The van der Waals surface area contributed by atoms with Crippen molar-refractivity contribution in [1.29, 1.82) is 0 Å². The maximum absolute atomic E-state index is 12.0. The summed E-state index contributed by atoms with van der Waals surface area (Å²) < 4.78 is 1.69. The first kappa shape index (κ1) is 11.4. The Morgan fingerprint density at radius 3 is 2.82 bits per heavy atom. The molecule has 0 bridgehead atoms. The summed E-state index contributed by atoms with van der Waals surface area (Å²) in [6, 6.07) is 5.41. The fourth-order valence-corrected chi connectivity index (χ4v) is 1.66. The molecule has 17 heavy (non-hydrogen) atoms. The summed E-state index contributed by atoms with van der Waals surface area (Å²) in [5.74, 6) is 0.0599. The van der Waals surface area contributed by atoms with Crippen LogP contribution in [0, 0.1) is 6.92 Å². The molecule has 1 aromatic heterocycles. The number of ketones is 1. The Morgan fingerprint density at radius 1 is 1.47 bits per heavy atom. The summed E-state index contributed by atoms with van der Waals surface area (Å²) >= 11 is 0. The van der Waals surface area contributed by atoms with Gasteiger partial charge in [0.2, 0.25) is 0 Å². The van der Waals surface area contributed by atoms with Gasteiger partial charge in [0.25, 0.3) is 0 Å². The van der Waals surface area contributed by atoms with Crippen LogP contribution in [0.4, 0.5) is 5.69 Å². The average Bonchev–Trinajstić information content (AvgIpc) is 2.68. The topological polar surface area (TPSA) is 60.9 Å². The molecule has 0 fully saturated rings. The van der Waals surface area contributed by atoms with E-state index < -0.39 is 0 Å². The molecule has 2 rings (SSSR count). The summed E-state index contributed by atoms with van der Waals surface area (Å²) in [4.78, 5) is 12.0. The molecule has 4 heteroatoms. The SMILES string of the molecule is Cc1ccc(C(=O)Cc2cnn(C)c2)cc1N. The smallest absolute Gasteiger partial charge is 0.167 e. The second-order valence-electron chi connectivity index (χ2n) is 4.19. The van der Waals surface area contributed by atoms with Gasteiger partial charge in [0.15, 0.2) is 5.78 Å². The van der Waals surface area contributed by atoms with Crippen molar-refractivity contribution in [3.8, 4) is 0 Å². The molecule has 1 aromatic carbocycles. The van der Waals surface area contributed by atoms with Crippen LogP contribution in [-0.4, -0.2) is 15.6 Å². The van der Waals surface area contributed by atoms with Gasteiger partial charge in [-0.1, -0.05) is 12.1 Å². The fourth-order valence-electron chi connectivity index (χ4n) is 1.66. The van der Waals surface area contributed by atoms with Crippen LogP contribution in [0.3, 0.4) is 0 Å². The Balaban J connectivity index is 2.17. The highest BCUT2D eigenvalue weighted by Gasteiger charge is 2.09. The number of anilines is 1. The Morgan fingerprint density at radius 2 is 2.24 bits per heavy atom.